The van der Waals surface area contributed by atoms with Crippen molar-refractivity contribution in [2.75, 3.05) is 31.1 Å². The van der Waals surface area contributed by atoms with Gasteiger partial charge in [-0.2, -0.15) is 0 Å². The van der Waals surface area contributed by atoms with Crippen molar-refractivity contribution in [2.45, 2.75) is 73.5 Å². The number of carbonyl (C=O) groups excluding carboxylic acids is 2. The Balaban J connectivity index is 2.42. The predicted octanol–water partition coefficient (Wildman–Crippen LogP) is 2.30. The molecular formula is C23H37BN2O6. The molecule has 0 atom stereocenters. The Hall–Kier alpha value is -2.26. The number of esters is 1. The highest BCUT2D eigenvalue weighted by Crippen LogP contribution is 2.31. The van der Waals surface area contributed by atoms with E-state index in [1.807, 2.05) is 34.6 Å². The maximum absolute atomic E-state index is 13.0. The molecule has 0 saturated carbocycles. The summed E-state index contributed by atoms with van der Waals surface area (Å²) in [4.78, 5) is 29.2. The number of amides is 1. The van der Waals surface area contributed by atoms with E-state index < -0.39 is 24.3 Å². The van der Waals surface area contributed by atoms with Crippen LogP contribution in [-0.4, -0.2) is 71.5 Å². The Bertz CT molecular complexity index is 878. The quantitative estimate of drug-likeness (QED) is 0.541. The van der Waals surface area contributed by atoms with Crippen molar-refractivity contribution < 1.29 is 29.1 Å². The third-order valence-electron chi connectivity index (χ3n) is 5.38. The first-order valence-corrected chi connectivity index (χ1v) is 11.0. The van der Waals surface area contributed by atoms with Gasteiger partial charge >= 0.3 is 19.2 Å². The fourth-order valence-electron chi connectivity index (χ4n) is 4.16. The van der Waals surface area contributed by atoms with Crippen LogP contribution < -0.4 is 10.4 Å². The highest BCUT2D eigenvalue weighted by Gasteiger charge is 2.33. The number of anilines is 1. The van der Waals surface area contributed by atoms with Gasteiger partial charge in [0.15, 0.2) is 0 Å². The molecule has 9 heteroatoms. The summed E-state index contributed by atoms with van der Waals surface area (Å²) >= 11 is 0. The van der Waals surface area contributed by atoms with Crippen molar-refractivity contribution in [2.24, 2.45) is 0 Å². The number of rotatable bonds is 3. The fraction of sp³-hybridized carbons (Fsp3) is 0.652. The molecule has 1 aliphatic heterocycles. The van der Waals surface area contributed by atoms with Gasteiger partial charge in [-0.3, -0.25) is 0 Å². The summed E-state index contributed by atoms with van der Waals surface area (Å²) < 4.78 is 11.1. The van der Waals surface area contributed by atoms with Gasteiger partial charge in [-0.1, -0.05) is 0 Å². The number of hydrogen-bond donors (Lipinski definition) is 2. The van der Waals surface area contributed by atoms with Gasteiger partial charge in [0, 0.05) is 31.9 Å². The van der Waals surface area contributed by atoms with Crippen LogP contribution in [0.5, 0.6) is 0 Å². The SMILES string of the molecule is Cc1c(B(O)O)c(C)c(N2CCN(C(=O)OC(C)(C)C)CC2)c(C)c1C(=O)OC(C)(C)C. The summed E-state index contributed by atoms with van der Waals surface area (Å²) in [6, 6.07) is 0. The molecule has 1 aromatic carbocycles. The predicted molar refractivity (Wildman–Crippen MR) is 126 cm³/mol. The minimum atomic E-state index is -1.72. The molecule has 1 saturated heterocycles. The molecule has 2 rings (SSSR count). The molecule has 0 aromatic heterocycles. The second-order valence-corrected chi connectivity index (χ2v) is 10.3. The van der Waals surface area contributed by atoms with Gasteiger partial charge < -0.3 is 29.3 Å². The van der Waals surface area contributed by atoms with Crippen molar-refractivity contribution in [3.8, 4) is 0 Å². The topological polar surface area (TPSA) is 99.5 Å². The van der Waals surface area contributed by atoms with E-state index in [9.17, 15) is 19.6 Å². The van der Waals surface area contributed by atoms with Crippen molar-refractivity contribution in [3.63, 3.8) is 0 Å². The lowest BCUT2D eigenvalue weighted by molar-refractivity contribution is 0.00676. The van der Waals surface area contributed by atoms with Crippen LogP contribution in [0.25, 0.3) is 0 Å². The number of nitrogens with zero attached hydrogens (tertiary/aromatic N) is 2. The molecule has 1 aromatic rings. The zero-order valence-corrected chi connectivity index (χ0v) is 20.8. The fourth-order valence-corrected chi connectivity index (χ4v) is 4.16. The van der Waals surface area contributed by atoms with Crippen molar-refractivity contribution >= 4 is 30.3 Å². The van der Waals surface area contributed by atoms with Gasteiger partial charge in [0.1, 0.15) is 11.2 Å². The third-order valence-corrected chi connectivity index (χ3v) is 5.38. The molecule has 0 bridgehead atoms. The van der Waals surface area contributed by atoms with Crippen LogP contribution in [-0.2, 0) is 9.47 Å². The van der Waals surface area contributed by atoms with Crippen LogP contribution in [0.4, 0.5) is 10.5 Å². The number of carbonyl (C=O) groups is 2. The summed E-state index contributed by atoms with van der Waals surface area (Å²) in [6.45, 7) is 18.2. The standard InChI is InChI=1S/C23H37BN2O6/c1-14-17(20(27)31-22(4,5)6)15(2)19(16(3)18(14)24(29)30)25-10-12-26(13-11-25)21(28)32-23(7,8)9/h29-30H,10-13H2,1-9H3. The van der Waals surface area contributed by atoms with Crippen molar-refractivity contribution in [3.05, 3.63) is 22.3 Å². The largest absolute Gasteiger partial charge is 0.489 e. The van der Waals surface area contributed by atoms with Crippen LogP contribution in [0.2, 0.25) is 0 Å². The summed E-state index contributed by atoms with van der Waals surface area (Å²) in [5.41, 5.74) is 2.10. The van der Waals surface area contributed by atoms with Crippen LogP contribution in [0.3, 0.4) is 0 Å². The average molecular weight is 448 g/mol. The molecule has 0 radical (unpaired) electrons. The summed E-state index contributed by atoms with van der Waals surface area (Å²) in [5, 5.41) is 20.2. The number of benzene rings is 1. The van der Waals surface area contributed by atoms with Crippen LogP contribution in [0.1, 0.15) is 68.6 Å². The maximum atomic E-state index is 13.0. The molecular weight excluding hydrogens is 411 g/mol. The molecule has 8 nitrogen and oxygen atoms in total. The zero-order chi connectivity index (χ0) is 24.6. The Morgan fingerprint density at radius 3 is 1.75 bits per heavy atom. The first-order chi connectivity index (χ1) is 14.5. The molecule has 1 heterocycles. The number of hydrogen-bond acceptors (Lipinski definition) is 7. The zero-order valence-electron chi connectivity index (χ0n) is 20.8. The molecule has 0 spiro atoms. The maximum Gasteiger partial charge on any atom is 0.489 e. The number of ether oxygens (including phenoxy) is 2. The van der Waals surface area contributed by atoms with Gasteiger partial charge in [-0.15, -0.1) is 0 Å². The van der Waals surface area contributed by atoms with Crippen LogP contribution in [0.15, 0.2) is 0 Å². The minimum Gasteiger partial charge on any atom is -0.456 e. The second kappa shape index (κ2) is 9.31. The summed E-state index contributed by atoms with van der Waals surface area (Å²) in [6.07, 6.45) is -0.351. The molecule has 2 N–H and O–H groups in total. The Morgan fingerprint density at radius 1 is 0.812 bits per heavy atom. The smallest absolute Gasteiger partial charge is 0.456 e. The Labute approximate surface area is 191 Å². The minimum absolute atomic E-state index is 0.307. The van der Waals surface area contributed by atoms with E-state index >= 15 is 0 Å². The molecule has 0 unspecified atom stereocenters. The monoisotopic (exact) mass is 448 g/mol. The van der Waals surface area contributed by atoms with Gasteiger partial charge in [0.2, 0.25) is 0 Å². The highest BCUT2D eigenvalue weighted by molar-refractivity contribution is 6.60. The lowest BCUT2D eigenvalue weighted by atomic mass is 9.71. The van der Waals surface area contributed by atoms with Crippen molar-refractivity contribution in [1.29, 1.82) is 0 Å². The normalized spacial score (nSPS) is 15.0. The van der Waals surface area contributed by atoms with E-state index in [4.69, 9.17) is 9.47 Å². The lowest BCUT2D eigenvalue weighted by Gasteiger charge is -2.39. The van der Waals surface area contributed by atoms with E-state index in [0.717, 1.165) is 11.3 Å². The van der Waals surface area contributed by atoms with E-state index in [2.05, 4.69) is 4.90 Å². The first-order valence-electron chi connectivity index (χ1n) is 11.0. The van der Waals surface area contributed by atoms with E-state index in [1.165, 1.54) is 0 Å². The number of piperazine rings is 1. The first kappa shape index (κ1) is 26.0. The molecule has 1 amide bonds. The van der Waals surface area contributed by atoms with E-state index in [-0.39, 0.29) is 6.09 Å². The molecule has 32 heavy (non-hydrogen) atoms. The lowest BCUT2D eigenvalue weighted by Crippen LogP contribution is -2.51. The Kier molecular flexibility index (Phi) is 7.57. The molecule has 1 fully saturated rings. The van der Waals surface area contributed by atoms with Gasteiger partial charge in [0.05, 0.1) is 5.56 Å². The molecule has 1 aliphatic rings. The van der Waals surface area contributed by atoms with Crippen LogP contribution >= 0.6 is 0 Å². The van der Waals surface area contributed by atoms with Crippen LogP contribution in [0, 0.1) is 20.8 Å². The second-order valence-electron chi connectivity index (χ2n) is 10.3. The van der Waals surface area contributed by atoms with E-state index in [1.54, 1.807) is 32.6 Å². The summed E-state index contributed by atoms with van der Waals surface area (Å²) in [7, 11) is -1.72. The molecule has 178 valence electrons. The highest BCUT2D eigenvalue weighted by atomic mass is 16.6. The van der Waals surface area contributed by atoms with Crippen molar-refractivity contribution in [1.82, 2.24) is 4.90 Å². The van der Waals surface area contributed by atoms with Gasteiger partial charge in [-0.05, 0) is 84.5 Å². The summed E-state index contributed by atoms with van der Waals surface area (Å²) in [5.74, 6) is -0.497. The van der Waals surface area contributed by atoms with Gasteiger partial charge in [-0.25, -0.2) is 9.59 Å². The average Bonchev–Trinajstić information content (AvgIpc) is 2.58. The third kappa shape index (κ3) is 5.95. The Morgan fingerprint density at radius 2 is 1.31 bits per heavy atom. The van der Waals surface area contributed by atoms with E-state index in [0.29, 0.717) is 48.3 Å². The molecule has 0 aliphatic carbocycles. The van der Waals surface area contributed by atoms with Gasteiger partial charge in [0.25, 0.3) is 0 Å².